The van der Waals surface area contributed by atoms with E-state index in [4.69, 9.17) is 11.6 Å². The van der Waals surface area contributed by atoms with Gasteiger partial charge in [0, 0.05) is 17.3 Å². The summed E-state index contributed by atoms with van der Waals surface area (Å²) < 4.78 is 1.88. The van der Waals surface area contributed by atoms with Crippen molar-refractivity contribution >= 4 is 29.3 Å². The summed E-state index contributed by atoms with van der Waals surface area (Å²) in [6.07, 6.45) is 3.29. The zero-order chi connectivity index (χ0) is 18.7. The van der Waals surface area contributed by atoms with Crippen molar-refractivity contribution in [1.82, 2.24) is 9.78 Å². The summed E-state index contributed by atoms with van der Waals surface area (Å²) in [5, 5.41) is 7.90. The number of aryl methyl sites for hydroxylation is 2. The molecule has 0 radical (unpaired) electrons. The fourth-order valence-electron chi connectivity index (χ4n) is 2.77. The van der Waals surface area contributed by atoms with E-state index in [0.29, 0.717) is 10.7 Å². The van der Waals surface area contributed by atoms with Crippen LogP contribution in [0.2, 0.25) is 5.02 Å². The van der Waals surface area contributed by atoms with E-state index in [1.54, 1.807) is 12.1 Å². The van der Waals surface area contributed by atoms with Crippen LogP contribution in [-0.2, 0) is 4.79 Å². The predicted molar refractivity (Wildman–Crippen MR) is 107 cm³/mol. The topological polar surface area (TPSA) is 46.9 Å². The fraction of sp³-hybridized carbons (Fsp3) is 0.143. The second-order valence-electron chi connectivity index (χ2n) is 6.14. The number of nitrogens with one attached hydrogen (secondary N) is 1. The Kier molecular flexibility index (Phi) is 5.24. The molecule has 132 valence electrons. The average molecular weight is 366 g/mol. The highest BCUT2D eigenvalue weighted by Gasteiger charge is 2.11. The number of para-hydroxylation sites is 1. The van der Waals surface area contributed by atoms with Gasteiger partial charge in [0.25, 0.3) is 0 Å². The maximum atomic E-state index is 12.2. The lowest BCUT2D eigenvalue weighted by Crippen LogP contribution is -2.08. The number of amides is 1. The molecular weight excluding hydrogens is 346 g/mol. The molecule has 0 atom stereocenters. The summed E-state index contributed by atoms with van der Waals surface area (Å²) in [5.74, 6) is -0.234. The molecule has 0 unspecified atom stereocenters. The van der Waals surface area contributed by atoms with Gasteiger partial charge in [0.2, 0.25) is 5.91 Å². The lowest BCUT2D eigenvalue weighted by molar-refractivity contribution is -0.111. The maximum absolute atomic E-state index is 12.2. The first-order valence-electron chi connectivity index (χ1n) is 8.32. The summed E-state index contributed by atoms with van der Waals surface area (Å²) in [6, 6.07) is 15.4. The monoisotopic (exact) mass is 365 g/mol. The molecule has 1 amide bonds. The molecular formula is C21H20ClN3O. The van der Waals surface area contributed by atoms with Crippen molar-refractivity contribution in [1.29, 1.82) is 0 Å². The van der Waals surface area contributed by atoms with E-state index in [1.165, 1.54) is 6.08 Å². The molecule has 0 aliphatic carbocycles. The summed E-state index contributed by atoms with van der Waals surface area (Å²) in [4.78, 5) is 12.2. The lowest BCUT2D eigenvalue weighted by atomic mass is 10.1. The Morgan fingerprint density at radius 1 is 1.12 bits per heavy atom. The molecule has 5 heteroatoms. The molecule has 3 rings (SSSR count). The van der Waals surface area contributed by atoms with Crippen molar-refractivity contribution in [2.45, 2.75) is 20.8 Å². The Hall–Kier alpha value is -2.85. The molecule has 0 fully saturated rings. The molecule has 2 aromatic carbocycles. The van der Waals surface area contributed by atoms with Gasteiger partial charge >= 0.3 is 0 Å². The van der Waals surface area contributed by atoms with Crippen LogP contribution in [0.3, 0.4) is 0 Å². The number of hydrogen-bond acceptors (Lipinski definition) is 2. The van der Waals surface area contributed by atoms with Crippen LogP contribution in [0.15, 0.2) is 54.6 Å². The number of aromatic nitrogens is 2. The fourth-order valence-corrected chi connectivity index (χ4v) is 3.05. The van der Waals surface area contributed by atoms with Crippen molar-refractivity contribution in [3.63, 3.8) is 0 Å². The number of hydrogen-bond donors (Lipinski definition) is 1. The van der Waals surface area contributed by atoms with Crippen LogP contribution < -0.4 is 5.32 Å². The van der Waals surface area contributed by atoms with E-state index in [9.17, 15) is 4.79 Å². The SMILES string of the molecule is Cc1ccc(NC(=O)/C=C/c2c(C)nn(-c3ccccc3)c2C)c(Cl)c1. The Bertz CT molecular complexity index is 974. The Morgan fingerprint density at radius 3 is 2.54 bits per heavy atom. The number of anilines is 1. The van der Waals surface area contributed by atoms with Gasteiger partial charge in [0.15, 0.2) is 0 Å². The summed E-state index contributed by atoms with van der Waals surface area (Å²) in [5.41, 5.74) is 5.40. The first kappa shape index (κ1) is 18.0. The number of benzene rings is 2. The van der Waals surface area contributed by atoms with E-state index in [0.717, 1.165) is 28.2 Å². The highest BCUT2D eigenvalue weighted by Crippen LogP contribution is 2.23. The van der Waals surface area contributed by atoms with Crippen LogP contribution >= 0.6 is 11.6 Å². The van der Waals surface area contributed by atoms with Gasteiger partial charge in [-0.05, 0) is 56.7 Å². The number of carbonyl (C=O) groups is 1. The normalized spacial score (nSPS) is 11.1. The summed E-state index contributed by atoms with van der Waals surface area (Å²) >= 11 is 6.16. The van der Waals surface area contributed by atoms with Gasteiger partial charge in [-0.2, -0.15) is 5.10 Å². The zero-order valence-electron chi connectivity index (χ0n) is 15.0. The van der Waals surface area contributed by atoms with Crippen molar-refractivity contribution < 1.29 is 4.79 Å². The van der Waals surface area contributed by atoms with E-state index in [1.807, 2.05) is 67.9 Å². The Labute approximate surface area is 158 Å². The molecule has 1 aromatic heterocycles. The molecule has 0 saturated heterocycles. The maximum Gasteiger partial charge on any atom is 0.248 e. The number of halogens is 1. The second-order valence-corrected chi connectivity index (χ2v) is 6.54. The first-order chi connectivity index (χ1) is 12.5. The molecule has 0 spiro atoms. The molecule has 0 aliphatic heterocycles. The van der Waals surface area contributed by atoms with E-state index >= 15 is 0 Å². The van der Waals surface area contributed by atoms with Gasteiger partial charge < -0.3 is 5.32 Å². The van der Waals surface area contributed by atoms with Crippen LogP contribution in [0.25, 0.3) is 11.8 Å². The molecule has 0 bridgehead atoms. The van der Waals surface area contributed by atoms with Crippen LogP contribution in [0, 0.1) is 20.8 Å². The van der Waals surface area contributed by atoms with Crippen LogP contribution in [-0.4, -0.2) is 15.7 Å². The minimum absolute atomic E-state index is 0.234. The molecule has 0 saturated carbocycles. The van der Waals surface area contributed by atoms with E-state index in [2.05, 4.69) is 10.4 Å². The summed E-state index contributed by atoms with van der Waals surface area (Å²) in [7, 11) is 0. The smallest absolute Gasteiger partial charge is 0.248 e. The van der Waals surface area contributed by atoms with Gasteiger partial charge in [-0.1, -0.05) is 35.9 Å². The lowest BCUT2D eigenvalue weighted by Gasteiger charge is -2.05. The molecule has 4 nitrogen and oxygen atoms in total. The number of rotatable bonds is 4. The van der Waals surface area contributed by atoms with Gasteiger partial charge in [-0.25, -0.2) is 4.68 Å². The van der Waals surface area contributed by atoms with Gasteiger partial charge in [0.1, 0.15) is 0 Å². The van der Waals surface area contributed by atoms with Gasteiger partial charge in [-0.15, -0.1) is 0 Å². The number of carbonyl (C=O) groups excluding carboxylic acids is 1. The third-order valence-electron chi connectivity index (χ3n) is 4.13. The molecule has 1 heterocycles. The molecule has 1 N–H and O–H groups in total. The van der Waals surface area contributed by atoms with Crippen molar-refractivity contribution in [2.75, 3.05) is 5.32 Å². The Morgan fingerprint density at radius 2 is 1.85 bits per heavy atom. The van der Waals surface area contributed by atoms with Crippen LogP contribution in [0.5, 0.6) is 0 Å². The molecule has 3 aromatic rings. The van der Waals surface area contributed by atoms with Crippen molar-refractivity contribution in [3.05, 3.63) is 82.1 Å². The van der Waals surface area contributed by atoms with Crippen LogP contribution in [0.1, 0.15) is 22.5 Å². The highest BCUT2D eigenvalue weighted by atomic mass is 35.5. The van der Waals surface area contributed by atoms with Crippen LogP contribution in [0.4, 0.5) is 5.69 Å². The predicted octanol–water partition coefficient (Wildman–Crippen LogP) is 5.10. The second kappa shape index (κ2) is 7.58. The minimum Gasteiger partial charge on any atom is -0.321 e. The van der Waals surface area contributed by atoms with E-state index in [-0.39, 0.29) is 5.91 Å². The molecule has 26 heavy (non-hydrogen) atoms. The third-order valence-corrected chi connectivity index (χ3v) is 4.44. The first-order valence-corrected chi connectivity index (χ1v) is 8.70. The molecule has 0 aliphatic rings. The minimum atomic E-state index is -0.234. The number of nitrogens with zero attached hydrogens (tertiary/aromatic N) is 2. The quantitative estimate of drug-likeness (QED) is 0.653. The van der Waals surface area contributed by atoms with E-state index < -0.39 is 0 Å². The standard InChI is InChI=1S/C21H20ClN3O/c1-14-9-11-20(19(22)13-14)23-21(26)12-10-18-15(2)24-25(16(18)3)17-7-5-4-6-8-17/h4-13H,1-3H3,(H,23,26)/b12-10+. The van der Waals surface area contributed by atoms with Crippen molar-refractivity contribution in [2.24, 2.45) is 0 Å². The summed E-state index contributed by atoms with van der Waals surface area (Å²) in [6.45, 7) is 5.87. The third kappa shape index (κ3) is 3.86. The van der Waals surface area contributed by atoms with Gasteiger partial charge in [0.05, 0.1) is 22.1 Å². The Balaban J connectivity index is 1.80. The largest absolute Gasteiger partial charge is 0.321 e. The zero-order valence-corrected chi connectivity index (χ0v) is 15.7. The van der Waals surface area contributed by atoms with Crippen molar-refractivity contribution in [3.8, 4) is 5.69 Å². The van der Waals surface area contributed by atoms with Gasteiger partial charge in [-0.3, -0.25) is 4.79 Å². The highest BCUT2D eigenvalue weighted by molar-refractivity contribution is 6.33. The average Bonchev–Trinajstić information content (AvgIpc) is 2.90.